The van der Waals surface area contributed by atoms with Gasteiger partial charge in [0.15, 0.2) is 0 Å². The molecule has 0 atom stereocenters. The lowest BCUT2D eigenvalue weighted by Gasteiger charge is -2.11. The van der Waals surface area contributed by atoms with Crippen LogP contribution in [0.2, 0.25) is 0 Å². The molecule has 3 aromatic carbocycles. The molecule has 0 N–H and O–H groups in total. The average molecular weight is 449 g/mol. The van der Waals surface area contributed by atoms with Crippen molar-refractivity contribution in [1.29, 1.82) is 5.26 Å². The van der Waals surface area contributed by atoms with Gasteiger partial charge in [-0.3, -0.25) is 0 Å². The third-order valence-electron chi connectivity index (χ3n) is 4.51. The molecule has 9 heteroatoms. The Morgan fingerprint density at radius 3 is 1.84 bits per heavy atom. The molecular weight excluding hydrogens is 436 g/mol. The Bertz CT molecular complexity index is 1200. The summed E-state index contributed by atoms with van der Waals surface area (Å²) in [6.45, 7) is 1.81. The van der Waals surface area contributed by atoms with Crippen LogP contribution in [0.4, 0.5) is 26.3 Å². The fourth-order valence-electron chi connectivity index (χ4n) is 3.12. The van der Waals surface area contributed by atoms with Crippen LogP contribution in [0.3, 0.4) is 0 Å². The maximum atomic E-state index is 14.5. The molecule has 0 saturated heterocycles. The number of nitrogens with zero attached hydrogens (tertiary/aromatic N) is 1. The summed E-state index contributed by atoms with van der Waals surface area (Å²) in [6, 6.07) is 5.43. The zero-order chi connectivity index (χ0) is 23.6. The minimum absolute atomic E-state index is 0.370. The van der Waals surface area contributed by atoms with Gasteiger partial charge in [-0.15, -0.1) is 0 Å². The van der Waals surface area contributed by atoms with Crippen molar-refractivity contribution in [2.24, 2.45) is 0 Å². The minimum atomic E-state index is -1.64. The van der Waals surface area contributed by atoms with Gasteiger partial charge in [0.25, 0.3) is 0 Å². The molecule has 32 heavy (non-hydrogen) atoms. The minimum Gasteiger partial charge on any atom is -0.423 e. The van der Waals surface area contributed by atoms with Crippen molar-refractivity contribution >= 4 is 5.97 Å². The maximum absolute atomic E-state index is 14.5. The van der Waals surface area contributed by atoms with E-state index in [1.165, 1.54) is 6.07 Å². The quantitative estimate of drug-likeness (QED) is 0.264. The highest BCUT2D eigenvalue weighted by Crippen LogP contribution is 2.31. The average Bonchev–Trinajstić information content (AvgIpc) is 2.67. The summed E-state index contributed by atoms with van der Waals surface area (Å²) in [6.07, 6.45) is 1.03. The molecule has 0 heterocycles. The van der Waals surface area contributed by atoms with Crippen LogP contribution in [-0.2, 0) is 6.42 Å². The first-order valence-electron chi connectivity index (χ1n) is 9.24. The highest BCUT2D eigenvalue weighted by molar-refractivity contribution is 5.92. The molecule has 0 fully saturated rings. The van der Waals surface area contributed by atoms with Gasteiger partial charge in [0.05, 0.1) is 5.56 Å². The Balaban J connectivity index is 1.97. The molecule has 0 aliphatic carbocycles. The van der Waals surface area contributed by atoms with Gasteiger partial charge in [0, 0.05) is 12.1 Å². The number of nitriles is 1. The number of rotatable bonds is 5. The van der Waals surface area contributed by atoms with Gasteiger partial charge in [-0.1, -0.05) is 13.3 Å². The van der Waals surface area contributed by atoms with Crippen molar-refractivity contribution in [3.8, 4) is 22.9 Å². The number of halogens is 6. The van der Waals surface area contributed by atoms with Crippen LogP contribution in [0.1, 0.15) is 34.8 Å². The SMILES string of the molecule is CCCc1cc(F)c(-c2cc(F)c(C(=O)Oc3cc(F)c(C#N)c(F)c3)c(F)c2)c(F)c1. The van der Waals surface area contributed by atoms with Gasteiger partial charge >= 0.3 is 5.97 Å². The Labute approximate surface area is 178 Å². The highest BCUT2D eigenvalue weighted by atomic mass is 19.2. The van der Waals surface area contributed by atoms with Crippen LogP contribution in [0.25, 0.3) is 11.1 Å². The van der Waals surface area contributed by atoms with E-state index in [1.54, 1.807) is 0 Å². The topological polar surface area (TPSA) is 50.1 Å². The van der Waals surface area contributed by atoms with Crippen LogP contribution in [0, 0.1) is 46.2 Å². The second-order valence-electron chi connectivity index (χ2n) is 6.76. The monoisotopic (exact) mass is 449 g/mol. The van der Waals surface area contributed by atoms with Crippen LogP contribution in [0.15, 0.2) is 36.4 Å². The maximum Gasteiger partial charge on any atom is 0.349 e. The predicted molar refractivity (Wildman–Crippen MR) is 102 cm³/mol. The number of benzene rings is 3. The van der Waals surface area contributed by atoms with E-state index in [0.717, 1.165) is 12.1 Å². The van der Waals surface area contributed by atoms with Crippen molar-refractivity contribution in [3.63, 3.8) is 0 Å². The number of aryl methyl sites for hydroxylation is 1. The molecule has 0 aromatic heterocycles. The lowest BCUT2D eigenvalue weighted by molar-refractivity contribution is 0.0724. The second-order valence-corrected chi connectivity index (χ2v) is 6.76. The summed E-state index contributed by atoms with van der Waals surface area (Å²) in [5.74, 6) is -10.2. The van der Waals surface area contributed by atoms with E-state index in [1.807, 2.05) is 6.92 Å². The predicted octanol–water partition coefficient (Wildman–Crippen LogP) is 6.23. The zero-order valence-corrected chi connectivity index (χ0v) is 16.4. The molecule has 3 rings (SSSR count). The molecule has 0 bridgehead atoms. The summed E-state index contributed by atoms with van der Waals surface area (Å²) in [4.78, 5) is 12.2. The second kappa shape index (κ2) is 9.14. The molecule has 0 unspecified atom stereocenters. The molecule has 0 amide bonds. The molecule has 0 radical (unpaired) electrons. The normalized spacial score (nSPS) is 10.7. The first-order valence-corrected chi connectivity index (χ1v) is 9.24. The number of hydrogen-bond donors (Lipinski definition) is 0. The van der Waals surface area contributed by atoms with Crippen molar-refractivity contribution in [1.82, 2.24) is 0 Å². The van der Waals surface area contributed by atoms with Gasteiger partial charge in [-0.2, -0.15) is 5.26 Å². The van der Waals surface area contributed by atoms with E-state index in [0.29, 0.717) is 42.7 Å². The smallest absolute Gasteiger partial charge is 0.349 e. The Hall–Kier alpha value is -3.80. The van der Waals surface area contributed by atoms with E-state index in [2.05, 4.69) is 4.74 Å². The van der Waals surface area contributed by atoms with Gasteiger partial charge < -0.3 is 4.74 Å². The number of ether oxygens (including phenoxy) is 1. The van der Waals surface area contributed by atoms with Crippen molar-refractivity contribution < 1.29 is 35.9 Å². The number of esters is 1. The largest absolute Gasteiger partial charge is 0.423 e. The number of carbonyl (C=O) groups is 1. The lowest BCUT2D eigenvalue weighted by atomic mass is 9.99. The summed E-state index contributed by atoms with van der Waals surface area (Å²) in [5.41, 5.74) is -2.97. The van der Waals surface area contributed by atoms with Crippen LogP contribution in [0.5, 0.6) is 5.75 Å². The molecule has 3 aromatic rings. The van der Waals surface area contributed by atoms with Gasteiger partial charge in [-0.25, -0.2) is 31.1 Å². The fraction of sp³-hybridized carbons (Fsp3) is 0.130. The molecule has 0 aliphatic heterocycles. The van der Waals surface area contributed by atoms with E-state index in [9.17, 15) is 31.1 Å². The fourth-order valence-corrected chi connectivity index (χ4v) is 3.12. The third-order valence-corrected chi connectivity index (χ3v) is 4.51. The van der Waals surface area contributed by atoms with E-state index in [4.69, 9.17) is 5.26 Å². The number of carbonyl (C=O) groups excluding carboxylic acids is 1. The lowest BCUT2D eigenvalue weighted by Crippen LogP contribution is -2.14. The van der Waals surface area contributed by atoms with Crippen LogP contribution < -0.4 is 4.74 Å². The molecule has 0 spiro atoms. The van der Waals surface area contributed by atoms with Crippen LogP contribution >= 0.6 is 0 Å². The van der Waals surface area contributed by atoms with E-state index >= 15 is 0 Å². The Morgan fingerprint density at radius 2 is 1.38 bits per heavy atom. The Morgan fingerprint density at radius 1 is 0.844 bits per heavy atom. The zero-order valence-electron chi connectivity index (χ0n) is 16.4. The molecule has 164 valence electrons. The van der Waals surface area contributed by atoms with Gasteiger partial charge in [0.2, 0.25) is 0 Å². The summed E-state index contributed by atoms with van der Waals surface area (Å²) >= 11 is 0. The van der Waals surface area contributed by atoms with Crippen molar-refractivity contribution in [2.75, 3.05) is 0 Å². The summed E-state index contributed by atoms with van der Waals surface area (Å²) in [5, 5.41) is 8.63. The summed E-state index contributed by atoms with van der Waals surface area (Å²) in [7, 11) is 0. The first-order chi connectivity index (χ1) is 15.2. The van der Waals surface area contributed by atoms with Crippen molar-refractivity contribution in [3.05, 3.63) is 88.0 Å². The summed E-state index contributed by atoms with van der Waals surface area (Å²) < 4.78 is 89.7. The molecule has 0 saturated carbocycles. The molecular formula is C23H13F6NO2. The third kappa shape index (κ3) is 4.44. The van der Waals surface area contributed by atoms with E-state index in [-0.39, 0.29) is 0 Å². The number of hydrogen-bond acceptors (Lipinski definition) is 3. The molecule has 3 nitrogen and oxygen atoms in total. The Kier molecular flexibility index (Phi) is 6.53. The van der Waals surface area contributed by atoms with E-state index < -0.39 is 68.9 Å². The first kappa shape index (κ1) is 22.9. The molecule has 0 aliphatic rings. The standard InChI is InChI=1S/C23H13F6NO2/c1-2-3-11-4-17(26)21(18(27)5-11)12-6-19(28)22(20(29)7-12)23(31)32-13-8-15(24)14(10-30)16(25)9-13/h4-9H,2-3H2,1H3. The van der Waals surface area contributed by atoms with Gasteiger partial charge in [-0.05, 0) is 41.8 Å². The van der Waals surface area contributed by atoms with Crippen molar-refractivity contribution in [2.45, 2.75) is 19.8 Å². The highest BCUT2D eigenvalue weighted by Gasteiger charge is 2.24. The van der Waals surface area contributed by atoms with Gasteiger partial charge in [0.1, 0.15) is 57.8 Å². The van der Waals surface area contributed by atoms with Crippen LogP contribution in [-0.4, -0.2) is 5.97 Å².